The molecular formula is C19H18N2O3. The van der Waals surface area contributed by atoms with Crippen molar-refractivity contribution in [3.63, 3.8) is 0 Å². The van der Waals surface area contributed by atoms with Crippen molar-refractivity contribution in [1.29, 1.82) is 0 Å². The Morgan fingerprint density at radius 1 is 1.08 bits per heavy atom. The maximum absolute atomic E-state index is 12.2. The van der Waals surface area contributed by atoms with Crippen molar-refractivity contribution in [1.82, 2.24) is 0 Å². The highest BCUT2D eigenvalue weighted by Crippen LogP contribution is 2.23. The van der Waals surface area contributed by atoms with Gasteiger partial charge in [-0.2, -0.15) is 0 Å². The molecule has 5 heteroatoms. The molecular weight excluding hydrogens is 304 g/mol. The van der Waals surface area contributed by atoms with Gasteiger partial charge in [-0.15, -0.1) is 0 Å². The van der Waals surface area contributed by atoms with Gasteiger partial charge in [-0.25, -0.2) is 0 Å². The molecule has 0 unspecified atom stereocenters. The number of amides is 2. The van der Waals surface area contributed by atoms with Crippen LogP contribution in [0.5, 0.6) is 0 Å². The SMILES string of the molecule is Cc1ccc2c(CC(=O)Nc3ccc(CC(N)=O)cc3)coc2c1. The summed E-state index contributed by atoms with van der Waals surface area (Å²) in [6.45, 7) is 2.00. The average molecular weight is 322 g/mol. The Kier molecular flexibility index (Phi) is 4.33. The smallest absolute Gasteiger partial charge is 0.228 e. The van der Waals surface area contributed by atoms with Gasteiger partial charge in [0.2, 0.25) is 11.8 Å². The van der Waals surface area contributed by atoms with Crippen LogP contribution >= 0.6 is 0 Å². The van der Waals surface area contributed by atoms with Crippen molar-refractivity contribution in [2.75, 3.05) is 5.32 Å². The second-order valence-corrected chi connectivity index (χ2v) is 5.83. The Hall–Kier alpha value is -3.08. The quantitative estimate of drug-likeness (QED) is 0.757. The topological polar surface area (TPSA) is 85.3 Å². The second-order valence-electron chi connectivity index (χ2n) is 5.83. The van der Waals surface area contributed by atoms with Crippen LogP contribution < -0.4 is 11.1 Å². The minimum atomic E-state index is -0.381. The zero-order valence-electron chi connectivity index (χ0n) is 13.3. The Balaban J connectivity index is 1.67. The molecule has 3 N–H and O–H groups in total. The summed E-state index contributed by atoms with van der Waals surface area (Å²) in [6, 6.07) is 13.0. The van der Waals surface area contributed by atoms with Gasteiger partial charge in [-0.05, 0) is 36.2 Å². The third-order valence-electron chi connectivity index (χ3n) is 3.78. The van der Waals surface area contributed by atoms with Crippen molar-refractivity contribution in [2.45, 2.75) is 19.8 Å². The molecule has 0 fully saturated rings. The lowest BCUT2D eigenvalue weighted by Gasteiger charge is -2.06. The predicted molar refractivity (Wildman–Crippen MR) is 92.6 cm³/mol. The predicted octanol–water partition coefficient (Wildman–Crippen LogP) is 2.95. The van der Waals surface area contributed by atoms with Crippen LogP contribution in [0.15, 0.2) is 53.1 Å². The summed E-state index contributed by atoms with van der Waals surface area (Å²) < 4.78 is 5.51. The van der Waals surface area contributed by atoms with Gasteiger partial charge >= 0.3 is 0 Å². The van der Waals surface area contributed by atoms with E-state index in [1.807, 2.05) is 25.1 Å². The largest absolute Gasteiger partial charge is 0.464 e. The highest BCUT2D eigenvalue weighted by Gasteiger charge is 2.11. The molecule has 2 amide bonds. The molecule has 1 heterocycles. The lowest BCUT2D eigenvalue weighted by Crippen LogP contribution is -2.15. The number of carbonyl (C=O) groups is 2. The molecule has 122 valence electrons. The summed E-state index contributed by atoms with van der Waals surface area (Å²) in [5.41, 5.74) is 9.41. The fourth-order valence-corrected chi connectivity index (χ4v) is 2.61. The number of aryl methyl sites for hydroxylation is 1. The van der Waals surface area contributed by atoms with Gasteiger partial charge in [0, 0.05) is 16.6 Å². The van der Waals surface area contributed by atoms with Crippen LogP contribution in [0.25, 0.3) is 11.0 Å². The molecule has 0 spiro atoms. The van der Waals surface area contributed by atoms with Crippen molar-refractivity contribution < 1.29 is 14.0 Å². The number of fused-ring (bicyclic) bond motifs is 1. The molecule has 0 saturated heterocycles. The Morgan fingerprint density at radius 2 is 1.83 bits per heavy atom. The summed E-state index contributed by atoms with van der Waals surface area (Å²) in [5.74, 6) is -0.505. The first-order valence-corrected chi connectivity index (χ1v) is 7.65. The van der Waals surface area contributed by atoms with Gasteiger partial charge in [0.25, 0.3) is 0 Å². The standard InChI is InChI=1S/C19H18N2O3/c1-12-2-7-16-14(11-24-17(16)8-12)10-19(23)21-15-5-3-13(4-6-15)9-18(20)22/h2-8,11H,9-10H2,1H3,(H2,20,22)(H,21,23). The zero-order valence-corrected chi connectivity index (χ0v) is 13.3. The van der Waals surface area contributed by atoms with Crippen molar-refractivity contribution >= 4 is 28.5 Å². The molecule has 0 bridgehead atoms. The van der Waals surface area contributed by atoms with Crippen LogP contribution in [0.2, 0.25) is 0 Å². The van der Waals surface area contributed by atoms with Crippen molar-refractivity contribution in [3.05, 3.63) is 65.4 Å². The minimum Gasteiger partial charge on any atom is -0.464 e. The Bertz CT molecular complexity index is 895. The fourth-order valence-electron chi connectivity index (χ4n) is 2.61. The van der Waals surface area contributed by atoms with Gasteiger partial charge in [-0.3, -0.25) is 9.59 Å². The molecule has 0 aliphatic heterocycles. The van der Waals surface area contributed by atoms with E-state index >= 15 is 0 Å². The zero-order chi connectivity index (χ0) is 17.1. The van der Waals surface area contributed by atoms with E-state index in [4.69, 9.17) is 10.2 Å². The molecule has 0 aliphatic carbocycles. The lowest BCUT2D eigenvalue weighted by atomic mass is 10.1. The first-order chi connectivity index (χ1) is 11.5. The van der Waals surface area contributed by atoms with E-state index in [9.17, 15) is 9.59 Å². The highest BCUT2D eigenvalue weighted by atomic mass is 16.3. The van der Waals surface area contributed by atoms with Crippen LogP contribution in [0.3, 0.4) is 0 Å². The number of primary amides is 1. The van der Waals surface area contributed by atoms with Gasteiger partial charge < -0.3 is 15.5 Å². The number of rotatable bonds is 5. The summed E-state index contributed by atoms with van der Waals surface area (Å²) >= 11 is 0. The number of hydrogen-bond acceptors (Lipinski definition) is 3. The Morgan fingerprint density at radius 3 is 2.54 bits per heavy atom. The molecule has 2 aromatic carbocycles. The number of carbonyl (C=O) groups excluding carboxylic acids is 2. The second kappa shape index (κ2) is 6.58. The van der Waals surface area contributed by atoms with Gasteiger partial charge in [0.05, 0.1) is 19.1 Å². The summed E-state index contributed by atoms with van der Waals surface area (Å²) in [6.07, 6.45) is 2.05. The highest BCUT2D eigenvalue weighted by molar-refractivity contribution is 5.95. The number of hydrogen-bond donors (Lipinski definition) is 2. The number of nitrogens with two attached hydrogens (primary N) is 1. The molecule has 3 rings (SSSR count). The molecule has 1 aromatic heterocycles. The maximum atomic E-state index is 12.2. The number of nitrogens with one attached hydrogen (secondary N) is 1. The summed E-state index contributed by atoms with van der Waals surface area (Å²) in [4.78, 5) is 23.1. The minimum absolute atomic E-state index is 0.124. The van der Waals surface area contributed by atoms with E-state index < -0.39 is 0 Å². The third kappa shape index (κ3) is 3.63. The molecule has 0 saturated carbocycles. The molecule has 0 radical (unpaired) electrons. The molecule has 5 nitrogen and oxygen atoms in total. The third-order valence-corrected chi connectivity index (χ3v) is 3.78. The van der Waals surface area contributed by atoms with Crippen LogP contribution in [-0.4, -0.2) is 11.8 Å². The van der Waals surface area contributed by atoms with Crippen LogP contribution in [0.1, 0.15) is 16.7 Å². The maximum Gasteiger partial charge on any atom is 0.228 e. The first kappa shape index (κ1) is 15.8. The van der Waals surface area contributed by atoms with Gasteiger partial charge in [0.1, 0.15) is 5.58 Å². The van der Waals surface area contributed by atoms with Gasteiger partial charge in [0.15, 0.2) is 0 Å². The molecule has 24 heavy (non-hydrogen) atoms. The van der Waals surface area contributed by atoms with E-state index in [2.05, 4.69) is 5.32 Å². The van der Waals surface area contributed by atoms with Crippen LogP contribution in [-0.2, 0) is 22.4 Å². The van der Waals surface area contributed by atoms with Crippen LogP contribution in [0.4, 0.5) is 5.69 Å². The van der Waals surface area contributed by atoms with E-state index in [0.717, 1.165) is 27.7 Å². The Labute approximate surface area is 139 Å². The normalized spacial score (nSPS) is 10.7. The van der Waals surface area contributed by atoms with E-state index in [0.29, 0.717) is 5.69 Å². The monoisotopic (exact) mass is 322 g/mol. The fraction of sp³-hybridized carbons (Fsp3) is 0.158. The van der Waals surface area contributed by atoms with Crippen molar-refractivity contribution in [3.8, 4) is 0 Å². The number of furan rings is 1. The van der Waals surface area contributed by atoms with Crippen LogP contribution in [0, 0.1) is 6.92 Å². The van der Waals surface area contributed by atoms with Crippen molar-refractivity contribution in [2.24, 2.45) is 5.73 Å². The molecule has 0 atom stereocenters. The number of benzene rings is 2. The summed E-state index contributed by atoms with van der Waals surface area (Å²) in [5, 5.41) is 3.79. The summed E-state index contributed by atoms with van der Waals surface area (Å²) in [7, 11) is 0. The van der Waals surface area contributed by atoms with E-state index in [-0.39, 0.29) is 24.7 Å². The van der Waals surface area contributed by atoms with Gasteiger partial charge in [-0.1, -0.05) is 24.3 Å². The van der Waals surface area contributed by atoms with E-state index in [1.54, 1.807) is 30.5 Å². The molecule has 3 aromatic rings. The average Bonchev–Trinajstić information content (AvgIpc) is 2.90. The first-order valence-electron chi connectivity index (χ1n) is 7.65. The molecule has 0 aliphatic rings. The lowest BCUT2D eigenvalue weighted by molar-refractivity contribution is -0.117. The van der Waals surface area contributed by atoms with E-state index in [1.165, 1.54) is 0 Å². The number of anilines is 1.